The molecule has 3 heteroatoms. The maximum Gasteiger partial charge on any atom is 0.213 e. The molecule has 0 saturated heterocycles. The molecule has 0 N–H and O–H groups in total. The monoisotopic (exact) mass is 162 g/mol. The number of nitriles is 1. The van der Waals surface area contributed by atoms with Gasteiger partial charge in [-0.25, -0.2) is 4.98 Å². The van der Waals surface area contributed by atoms with Crippen LogP contribution in [0.1, 0.15) is 11.1 Å². The van der Waals surface area contributed by atoms with E-state index in [0.29, 0.717) is 11.1 Å². The van der Waals surface area contributed by atoms with Crippen molar-refractivity contribution in [3.05, 3.63) is 35.9 Å². The van der Waals surface area contributed by atoms with Crippen molar-refractivity contribution < 1.29 is 4.39 Å². The largest absolute Gasteiger partial charge is 0.228 e. The Bertz CT molecular complexity index is 339. The third-order valence-electron chi connectivity index (χ3n) is 1.48. The van der Waals surface area contributed by atoms with Crippen molar-refractivity contribution >= 4 is 6.08 Å². The van der Waals surface area contributed by atoms with Gasteiger partial charge in [-0.1, -0.05) is 12.7 Å². The van der Waals surface area contributed by atoms with Gasteiger partial charge in [0.15, 0.2) is 0 Å². The molecule has 0 bridgehead atoms. The first-order chi connectivity index (χ1) is 5.77. The molecular weight excluding hydrogens is 155 g/mol. The maximum absolute atomic E-state index is 12.6. The molecule has 0 amide bonds. The lowest BCUT2D eigenvalue weighted by Gasteiger charge is -1.99. The van der Waals surface area contributed by atoms with Crippen molar-refractivity contribution in [1.82, 2.24) is 4.98 Å². The number of aromatic nitrogens is 1. The summed E-state index contributed by atoms with van der Waals surface area (Å²) in [6.07, 6.45) is 3.11. The molecule has 2 nitrogen and oxygen atoms in total. The normalized spacial score (nSPS) is 9.00. The highest BCUT2D eigenvalue weighted by Gasteiger charge is 2.00. The van der Waals surface area contributed by atoms with Crippen LogP contribution in [-0.4, -0.2) is 4.98 Å². The van der Waals surface area contributed by atoms with E-state index in [1.165, 1.54) is 12.3 Å². The van der Waals surface area contributed by atoms with Gasteiger partial charge < -0.3 is 0 Å². The van der Waals surface area contributed by atoms with Crippen LogP contribution >= 0.6 is 0 Å². The van der Waals surface area contributed by atoms with Crippen molar-refractivity contribution in [3.8, 4) is 6.07 Å². The molecule has 12 heavy (non-hydrogen) atoms. The van der Waals surface area contributed by atoms with Crippen molar-refractivity contribution in [2.45, 2.75) is 6.42 Å². The van der Waals surface area contributed by atoms with Gasteiger partial charge in [0.2, 0.25) is 5.95 Å². The maximum atomic E-state index is 12.6. The molecule has 0 fully saturated rings. The SMILES string of the molecule is C=Cc1cnc(F)cc1CC#N. The van der Waals surface area contributed by atoms with Gasteiger partial charge in [0.1, 0.15) is 0 Å². The summed E-state index contributed by atoms with van der Waals surface area (Å²) in [6.45, 7) is 3.53. The van der Waals surface area contributed by atoms with Crippen molar-refractivity contribution in [2.24, 2.45) is 0 Å². The molecule has 0 unspecified atom stereocenters. The Morgan fingerprint density at radius 1 is 1.75 bits per heavy atom. The first kappa shape index (κ1) is 8.41. The molecular formula is C9H7FN2. The number of rotatable bonds is 2. The average molecular weight is 162 g/mol. The van der Waals surface area contributed by atoms with Gasteiger partial charge in [0.05, 0.1) is 12.5 Å². The third-order valence-corrected chi connectivity index (χ3v) is 1.48. The fourth-order valence-electron chi connectivity index (χ4n) is 0.901. The zero-order valence-electron chi connectivity index (χ0n) is 6.42. The molecule has 1 heterocycles. The molecule has 0 spiro atoms. The quantitative estimate of drug-likeness (QED) is 0.623. The van der Waals surface area contributed by atoms with Gasteiger partial charge >= 0.3 is 0 Å². The second kappa shape index (κ2) is 3.63. The van der Waals surface area contributed by atoms with Crippen molar-refractivity contribution in [3.63, 3.8) is 0 Å². The van der Waals surface area contributed by atoms with E-state index in [9.17, 15) is 4.39 Å². The molecule has 1 aromatic heterocycles. The summed E-state index contributed by atoms with van der Waals surface area (Å²) in [5.74, 6) is -0.564. The second-order valence-corrected chi connectivity index (χ2v) is 2.24. The molecule has 60 valence electrons. The van der Waals surface area contributed by atoms with E-state index in [1.807, 2.05) is 6.07 Å². The van der Waals surface area contributed by atoms with E-state index in [-0.39, 0.29) is 6.42 Å². The molecule has 1 aromatic rings. The molecule has 1 rings (SSSR count). The highest BCUT2D eigenvalue weighted by Crippen LogP contribution is 2.10. The van der Waals surface area contributed by atoms with Gasteiger partial charge in [-0.15, -0.1) is 0 Å². The Kier molecular flexibility index (Phi) is 2.54. The summed E-state index contributed by atoms with van der Waals surface area (Å²) in [6, 6.07) is 3.19. The molecule has 0 atom stereocenters. The first-order valence-electron chi connectivity index (χ1n) is 3.41. The molecule has 0 aromatic carbocycles. The Morgan fingerprint density at radius 3 is 3.08 bits per heavy atom. The van der Waals surface area contributed by atoms with Crippen LogP contribution in [0, 0.1) is 17.3 Å². The first-order valence-corrected chi connectivity index (χ1v) is 3.41. The topological polar surface area (TPSA) is 36.7 Å². The summed E-state index contributed by atoms with van der Waals surface area (Å²) < 4.78 is 12.6. The Hall–Kier alpha value is -1.69. The Labute approximate surface area is 70.0 Å². The van der Waals surface area contributed by atoms with Gasteiger partial charge in [-0.2, -0.15) is 9.65 Å². The fraction of sp³-hybridized carbons (Fsp3) is 0.111. The number of nitrogens with zero attached hydrogens (tertiary/aromatic N) is 2. The Balaban J connectivity index is 3.14. The third kappa shape index (κ3) is 1.67. The molecule has 0 aliphatic carbocycles. The van der Waals surface area contributed by atoms with Crippen LogP contribution in [-0.2, 0) is 6.42 Å². The number of halogens is 1. The minimum absolute atomic E-state index is 0.181. The smallest absolute Gasteiger partial charge is 0.213 e. The summed E-state index contributed by atoms with van der Waals surface area (Å²) >= 11 is 0. The lowest BCUT2D eigenvalue weighted by Crippen LogP contribution is -1.91. The van der Waals surface area contributed by atoms with E-state index in [1.54, 1.807) is 6.08 Å². The zero-order valence-corrected chi connectivity index (χ0v) is 6.42. The number of pyridine rings is 1. The van der Waals surface area contributed by atoms with Crippen LogP contribution in [0.3, 0.4) is 0 Å². The predicted octanol–water partition coefficient (Wildman–Crippen LogP) is 1.93. The summed E-state index contributed by atoms with van der Waals surface area (Å²) in [5, 5.41) is 8.40. The van der Waals surface area contributed by atoms with Gasteiger partial charge in [-0.3, -0.25) is 0 Å². The second-order valence-electron chi connectivity index (χ2n) is 2.24. The minimum Gasteiger partial charge on any atom is -0.228 e. The lowest BCUT2D eigenvalue weighted by molar-refractivity contribution is 0.581. The highest BCUT2D eigenvalue weighted by atomic mass is 19.1. The zero-order chi connectivity index (χ0) is 8.97. The number of hydrogen-bond donors (Lipinski definition) is 0. The minimum atomic E-state index is -0.564. The standard InChI is InChI=1S/C9H7FN2/c1-2-7-6-12-9(10)5-8(7)3-4-11/h2,5-6H,1,3H2. The Morgan fingerprint density at radius 2 is 2.50 bits per heavy atom. The van der Waals surface area contributed by atoms with Crippen LogP contribution in [0.5, 0.6) is 0 Å². The van der Waals surface area contributed by atoms with E-state index in [4.69, 9.17) is 5.26 Å². The van der Waals surface area contributed by atoms with E-state index >= 15 is 0 Å². The van der Waals surface area contributed by atoms with Gasteiger partial charge in [0.25, 0.3) is 0 Å². The molecule has 0 saturated carbocycles. The van der Waals surface area contributed by atoms with Crippen molar-refractivity contribution in [2.75, 3.05) is 0 Å². The average Bonchev–Trinajstić information content (AvgIpc) is 2.05. The lowest BCUT2D eigenvalue weighted by atomic mass is 10.1. The summed E-state index contributed by atoms with van der Waals surface area (Å²) in [5.41, 5.74) is 1.33. The fourth-order valence-corrected chi connectivity index (χ4v) is 0.901. The van der Waals surface area contributed by atoms with Gasteiger partial charge in [0, 0.05) is 6.20 Å². The van der Waals surface area contributed by atoms with Crippen LogP contribution in [0.15, 0.2) is 18.8 Å². The predicted molar refractivity (Wildman–Crippen MR) is 43.6 cm³/mol. The van der Waals surface area contributed by atoms with Crippen molar-refractivity contribution in [1.29, 1.82) is 5.26 Å². The van der Waals surface area contributed by atoms with Crippen LogP contribution in [0.25, 0.3) is 6.08 Å². The van der Waals surface area contributed by atoms with Gasteiger partial charge in [-0.05, 0) is 17.2 Å². The summed E-state index contributed by atoms with van der Waals surface area (Å²) in [4.78, 5) is 3.45. The van der Waals surface area contributed by atoms with Crippen LogP contribution in [0.2, 0.25) is 0 Å². The molecule has 0 aliphatic heterocycles. The number of hydrogen-bond acceptors (Lipinski definition) is 2. The van der Waals surface area contributed by atoms with E-state index in [0.717, 1.165) is 0 Å². The molecule has 0 radical (unpaired) electrons. The summed E-state index contributed by atoms with van der Waals surface area (Å²) in [7, 11) is 0. The highest BCUT2D eigenvalue weighted by molar-refractivity contribution is 5.50. The van der Waals surface area contributed by atoms with E-state index in [2.05, 4.69) is 11.6 Å². The van der Waals surface area contributed by atoms with Crippen LogP contribution < -0.4 is 0 Å². The molecule has 0 aliphatic rings. The van der Waals surface area contributed by atoms with Crippen LogP contribution in [0.4, 0.5) is 4.39 Å². The van der Waals surface area contributed by atoms with E-state index < -0.39 is 5.95 Å².